The zero-order valence-corrected chi connectivity index (χ0v) is 15.1. The van der Waals surface area contributed by atoms with E-state index in [9.17, 15) is 4.79 Å². The summed E-state index contributed by atoms with van der Waals surface area (Å²) in [5.74, 6) is 0.0184. The molecule has 0 aliphatic carbocycles. The first kappa shape index (κ1) is 16.2. The van der Waals surface area contributed by atoms with Crippen molar-refractivity contribution < 1.29 is 4.79 Å². The Morgan fingerprint density at radius 2 is 2.10 bits per heavy atom. The second-order valence-electron chi connectivity index (χ2n) is 4.73. The van der Waals surface area contributed by atoms with Crippen LogP contribution in [0.5, 0.6) is 0 Å². The number of amides is 1. The summed E-state index contributed by atoms with van der Waals surface area (Å²) < 4.78 is 5.57. The maximum atomic E-state index is 11.8. The molecule has 2 aromatic heterocycles. The molecule has 2 heterocycles. The number of aryl methyl sites for hydroxylation is 2. The number of halogens is 2. The van der Waals surface area contributed by atoms with Crippen molar-refractivity contribution >= 4 is 37.8 Å². The molecule has 1 amide bonds. The molecule has 0 unspecified atom stereocenters. The Labute approximate surface area is 140 Å². The number of carbonyl (C=O) groups excluding carboxylic acids is 1. The lowest BCUT2D eigenvalue weighted by Gasteiger charge is -2.07. The van der Waals surface area contributed by atoms with Crippen LogP contribution in [0, 0.1) is 13.8 Å². The van der Waals surface area contributed by atoms with E-state index in [1.54, 1.807) is 10.9 Å². The van der Waals surface area contributed by atoms with Crippen LogP contribution in [0.1, 0.15) is 17.8 Å². The first-order valence-corrected chi connectivity index (χ1v) is 8.20. The van der Waals surface area contributed by atoms with Crippen molar-refractivity contribution in [2.75, 3.05) is 6.54 Å². The maximum Gasteiger partial charge on any atom is 0.221 e. The van der Waals surface area contributed by atoms with Crippen molar-refractivity contribution in [3.8, 4) is 0 Å². The van der Waals surface area contributed by atoms with Crippen LogP contribution in [0.15, 0.2) is 21.3 Å². The third-order valence-electron chi connectivity index (χ3n) is 3.11. The molecule has 114 valence electrons. The molecule has 0 aromatic carbocycles. The van der Waals surface area contributed by atoms with Crippen LogP contribution in [0.3, 0.4) is 0 Å². The van der Waals surface area contributed by atoms with Gasteiger partial charge in [0.25, 0.3) is 0 Å². The van der Waals surface area contributed by atoms with Crippen LogP contribution in [0.2, 0.25) is 0 Å². The molecule has 0 aliphatic heterocycles. The standard InChI is InChI=1S/C13H17Br2N5O/c1-9-13(15)10(2)20(18-9)5-3-12(21)16-4-6-19-8-11(14)7-17-19/h7-8H,3-6H2,1-2H3,(H,16,21). The maximum absolute atomic E-state index is 11.8. The number of hydrogen-bond donors (Lipinski definition) is 1. The molecular formula is C13H17Br2N5O. The normalized spacial score (nSPS) is 10.9. The fourth-order valence-corrected chi connectivity index (χ4v) is 2.57. The van der Waals surface area contributed by atoms with E-state index < -0.39 is 0 Å². The smallest absolute Gasteiger partial charge is 0.221 e. The van der Waals surface area contributed by atoms with Gasteiger partial charge in [-0.3, -0.25) is 14.2 Å². The van der Waals surface area contributed by atoms with E-state index in [0.717, 1.165) is 20.3 Å². The fraction of sp³-hybridized carbons (Fsp3) is 0.462. The van der Waals surface area contributed by atoms with E-state index in [4.69, 9.17) is 0 Å². The largest absolute Gasteiger partial charge is 0.354 e. The Hall–Kier alpha value is -1.15. The van der Waals surface area contributed by atoms with Crippen LogP contribution >= 0.6 is 31.9 Å². The summed E-state index contributed by atoms with van der Waals surface area (Å²) in [7, 11) is 0. The van der Waals surface area contributed by atoms with Crippen LogP contribution in [-0.2, 0) is 17.9 Å². The minimum Gasteiger partial charge on any atom is -0.354 e. The highest BCUT2D eigenvalue weighted by Gasteiger charge is 2.10. The van der Waals surface area contributed by atoms with Crippen LogP contribution in [-0.4, -0.2) is 32.0 Å². The average Bonchev–Trinajstić information content (AvgIpc) is 2.96. The predicted octanol–water partition coefficient (Wildman–Crippen LogP) is 2.43. The number of hydrogen-bond acceptors (Lipinski definition) is 3. The van der Waals surface area contributed by atoms with Gasteiger partial charge < -0.3 is 5.32 Å². The van der Waals surface area contributed by atoms with Crippen LogP contribution in [0.25, 0.3) is 0 Å². The van der Waals surface area contributed by atoms with Gasteiger partial charge in [-0.05, 0) is 45.7 Å². The Bertz CT molecular complexity index is 635. The van der Waals surface area contributed by atoms with E-state index in [0.29, 0.717) is 26.1 Å². The molecule has 8 heteroatoms. The Morgan fingerprint density at radius 3 is 2.67 bits per heavy atom. The van der Waals surface area contributed by atoms with E-state index in [-0.39, 0.29) is 5.91 Å². The van der Waals surface area contributed by atoms with Crippen molar-refractivity contribution in [1.29, 1.82) is 0 Å². The number of carbonyl (C=O) groups is 1. The summed E-state index contributed by atoms with van der Waals surface area (Å²) in [4.78, 5) is 11.8. The summed E-state index contributed by atoms with van der Waals surface area (Å²) in [5, 5.41) is 11.4. The number of nitrogens with one attached hydrogen (secondary N) is 1. The lowest BCUT2D eigenvalue weighted by molar-refractivity contribution is -0.121. The number of rotatable bonds is 6. The van der Waals surface area contributed by atoms with Gasteiger partial charge in [0.1, 0.15) is 0 Å². The van der Waals surface area contributed by atoms with Crippen LogP contribution < -0.4 is 5.32 Å². The van der Waals surface area contributed by atoms with Crippen molar-refractivity contribution in [3.63, 3.8) is 0 Å². The van der Waals surface area contributed by atoms with Gasteiger partial charge in [0.15, 0.2) is 0 Å². The predicted molar refractivity (Wildman–Crippen MR) is 87.0 cm³/mol. The molecule has 2 aromatic rings. The molecule has 2 rings (SSSR count). The van der Waals surface area contributed by atoms with E-state index in [1.807, 2.05) is 24.7 Å². The summed E-state index contributed by atoms with van der Waals surface area (Å²) in [6, 6.07) is 0. The Morgan fingerprint density at radius 1 is 1.33 bits per heavy atom. The van der Waals surface area contributed by atoms with Crippen molar-refractivity contribution in [2.24, 2.45) is 0 Å². The minimum atomic E-state index is 0.0184. The monoisotopic (exact) mass is 417 g/mol. The van der Waals surface area contributed by atoms with Gasteiger partial charge in [-0.2, -0.15) is 10.2 Å². The first-order valence-electron chi connectivity index (χ1n) is 6.61. The molecule has 0 radical (unpaired) electrons. The number of aromatic nitrogens is 4. The highest BCUT2D eigenvalue weighted by atomic mass is 79.9. The topological polar surface area (TPSA) is 64.7 Å². The van der Waals surface area contributed by atoms with Crippen molar-refractivity contribution in [1.82, 2.24) is 24.9 Å². The average molecular weight is 419 g/mol. The van der Waals surface area contributed by atoms with E-state index >= 15 is 0 Å². The first-order chi connectivity index (χ1) is 9.97. The van der Waals surface area contributed by atoms with Crippen molar-refractivity contribution in [2.45, 2.75) is 33.4 Å². The third-order valence-corrected chi connectivity index (χ3v) is 4.67. The van der Waals surface area contributed by atoms with Gasteiger partial charge in [-0.15, -0.1) is 0 Å². The summed E-state index contributed by atoms with van der Waals surface area (Å²) in [6.45, 7) is 5.72. The second-order valence-corrected chi connectivity index (χ2v) is 6.44. The fourth-order valence-electron chi connectivity index (χ4n) is 1.96. The molecule has 0 bridgehead atoms. The van der Waals surface area contributed by atoms with Gasteiger partial charge in [-0.1, -0.05) is 0 Å². The SMILES string of the molecule is Cc1nn(CCC(=O)NCCn2cc(Br)cn2)c(C)c1Br. The molecule has 21 heavy (non-hydrogen) atoms. The Kier molecular flexibility index (Phi) is 5.58. The lowest BCUT2D eigenvalue weighted by Crippen LogP contribution is -2.28. The van der Waals surface area contributed by atoms with Crippen LogP contribution in [0.4, 0.5) is 0 Å². The third kappa shape index (κ3) is 4.41. The van der Waals surface area contributed by atoms with Crippen molar-refractivity contribution in [3.05, 3.63) is 32.7 Å². The minimum absolute atomic E-state index is 0.0184. The Balaban J connectivity index is 1.73. The highest BCUT2D eigenvalue weighted by molar-refractivity contribution is 9.10. The van der Waals surface area contributed by atoms with Gasteiger partial charge in [0.05, 0.1) is 33.9 Å². The van der Waals surface area contributed by atoms with Gasteiger partial charge in [-0.25, -0.2) is 0 Å². The second kappa shape index (κ2) is 7.22. The number of nitrogens with zero attached hydrogens (tertiary/aromatic N) is 4. The highest BCUT2D eigenvalue weighted by Crippen LogP contribution is 2.19. The molecule has 6 nitrogen and oxygen atoms in total. The zero-order chi connectivity index (χ0) is 15.4. The molecular weight excluding hydrogens is 402 g/mol. The van der Waals surface area contributed by atoms with E-state index in [1.165, 1.54) is 0 Å². The van der Waals surface area contributed by atoms with Gasteiger partial charge in [0, 0.05) is 24.9 Å². The van der Waals surface area contributed by atoms with E-state index in [2.05, 4.69) is 47.4 Å². The quantitative estimate of drug-likeness (QED) is 0.783. The molecule has 1 N–H and O–H groups in total. The lowest BCUT2D eigenvalue weighted by atomic mass is 10.3. The molecule has 0 saturated carbocycles. The summed E-state index contributed by atoms with van der Waals surface area (Å²) in [6.07, 6.45) is 4.01. The van der Waals surface area contributed by atoms with Gasteiger partial charge >= 0.3 is 0 Å². The molecule has 0 saturated heterocycles. The van der Waals surface area contributed by atoms with Gasteiger partial charge in [0.2, 0.25) is 5.91 Å². The zero-order valence-electron chi connectivity index (χ0n) is 11.9. The molecule has 0 spiro atoms. The summed E-state index contributed by atoms with van der Waals surface area (Å²) >= 11 is 6.81. The molecule has 0 fully saturated rings. The molecule has 0 aliphatic rings. The summed E-state index contributed by atoms with van der Waals surface area (Å²) in [5.41, 5.74) is 1.99. The molecule has 0 atom stereocenters.